The summed E-state index contributed by atoms with van der Waals surface area (Å²) in [5.41, 5.74) is 1.90. The molecule has 0 unspecified atom stereocenters. The summed E-state index contributed by atoms with van der Waals surface area (Å²) in [6.45, 7) is 12.3. The molecule has 1 N–H and O–H groups in total. The summed E-state index contributed by atoms with van der Waals surface area (Å²) in [4.78, 5) is 17.2. The summed E-state index contributed by atoms with van der Waals surface area (Å²) in [6.07, 6.45) is 4.58. The van der Waals surface area contributed by atoms with Crippen molar-refractivity contribution < 1.29 is 9.53 Å². The Hall–Kier alpha value is -1.75. The zero-order chi connectivity index (χ0) is 18.7. The van der Waals surface area contributed by atoms with Gasteiger partial charge in [-0.25, -0.2) is 4.79 Å². The molecule has 0 bridgehead atoms. The van der Waals surface area contributed by atoms with E-state index >= 15 is 0 Å². The van der Waals surface area contributed by atoms with Crippen molar-refractivity contribution in [3.05, 3.63) is 23.8 Å². The van der Waals surface area contributed by atoms with Crippen LogP contribution in [0.4, 0.5) is 10.5 Å². The van der Waals surface area contributed by atoms with Crippen LogP contribution in [0.1, 0.15) is 52.5 Å². The third kappa shape index (κ3) is 4.70. The standard InChI is InChI=1S/C21H33N3O2/c1-5-16-9-10-18(15-19(16)26-20(25)22-21(2,3)4)24-13-11-23(12-14-24)17-7-6-8-17/h9-10,15,17H,5-8,11-14H2,1-4H3,(H,22,25). The zero-order valence-corrected chi connectivity index (χ0v) is 16.7. The second kappa shape index (κ2) is 7.87. The predicted molar refractivity (Wildman–Crippen MR) is 106 cm³/mol. The number of carbonyl (C=O) groups excluding carboxylic acids is 1. The van der Waals surface area contributed by atoms with Gasteiger partial charge in [0.05, 0.1) is 0 Å². The summed E-state index contributed by atoms with van der Waals surface area (Å²) >= 11 is 0. The molecule has 0 atom stereocenters. The van der Waals surface area contributed by atoms with E-state index in [9.17, 15) is 4.79 Å². The van der Waals surface area contributed by atoms with Crippen LogP contribution in [0.5, 0.6) is 5.75 Å². The lowest BCUT2D eigenvalue weighted by atomic mass is 9.91. The first-order valence-electron chi connectivity index (χ1n) is 9.97. The summed E-state index contributed by atoms with van der Waals surface area (Å²) in [5.74, 6) is 0.674. The lowest BCUT2D eigenvalue weighted by molar-refractivity contribution is 0.120. The van der Waals surface area contributed by atoms with E-state index in [-0.39, 0.29) is 11.6 Å². The van der Waals surface area contributed by atoms with Crippen LogP contribution in [-0.4, -0.2) is 48.8 Å². The topological polar surface area (TPSA) is 44.8 Å². The first kappa shape index (κ1) is 19.0. The van der Waals surface area contributed by atoms with E-state index in [0.717, 1.165) is 49.9 Å². The number of anilines is 1. The molecule has 1 saturated carbocycles. The molecule has 0 spiro atoms. The fraction of sp³-hybridized carbons (Fsp3) is 0.667. The molecular formula is C21H33N3O2. The molecule has 1 aliphatic heterocycles. The van der Waals surface area contributed by atoms with Crippen LogP contribution in [0.3, 0.4) is 0 Å². The molecule has 2 fully saturated rings. The fourth-order valence-corrected chi connectivity index (χ4v) is 3.66. The number of carbonyl (C=O) groups is 1. The number of ether oxygens (including phenoxy) is 1. The average Bonchev–Trinajstić information content (AvgIpc) is 2.52. The van der Waals surface area contributed by atoms with Crippen LogP contribution in [0.25, 0.3) is 0 Å². The maximum absolute atomic E-state index is 12.2. The van der Waals surface area contributed by atoms with E-state index in [4.69, 9.17) is 4.74 Å². The van der Waals surface area contributed by atoms with E-state index in [2.05, 4.69) is 34.2 Å². The van der Waals surface area contributed by atoms with Crippen molar-refractivity contribution in [2.24, 2.45) is 0 Å². The van der Waals surface area contributed by atoms with Gasteiger partial charge in [0.25, 0.3) is 0 Å². The van der Waals surface area contributed by atoms with Gasteiger partial charge < -0.3 is 15.0 Å². The van der Waals surface area contributed by atoms with Crippen molar-refractivity contribution in [3.63, 3.8) is 0 Å². The number of nitrogens with one attached hydrogen (secondary N) is 1. The Morgan fingerprint density at radius 2 is 1.88 bits per heavy atom. The monoisotopic (exact) mass is 359 g/mol. The van der Waals surface area contributed by atoms with Gasteiger partial charge >= 0.3 is 6.09 Å². The van der Waals surface area contributed by atoms with Gasteiger partial charge in [0, 0.05) is 49.5 Å². The largest absolute Gasteiger partial charge is 0.413 e. The molecule has 1 amide bonds. The second-order valence-electron chi connectivity index (χ2n) is 8.52. The number of rotatable bonds is 4. The number of hydrogen-bond acceptors (Lipinski definition) is 4. The Balaban J connectivity index is 1.66. The maximum atomic E-state index is 12.2. The van der Waals surface area contributed by atoms with Gasteiger partial charge in [-0.1, -0.05) is 19.4 Å². The molecule has 3 rings (SSSR count). The van der Waals surface area contributed by atoms with Crippen LogP contribution in [0, 0.1) is 0 Å². The molecule has 1 aliphatic carbocycles. The molecule has 0 aromatic heterocycles. The van der Waals surface area contributed by atoms with E-state index in [1.165, 1.54) is 19.3 Å². The van der Waals surface area contributed by atoms with E-state index in [1.807, 2.05) is 26.8 Å². The van der Waals surface area contributed by atoms with Gasteiger partial charge in [0.1, 0.15) is 5.75 Å². The van der Waals surface area contributed by atoms with Crippen LogP contribution in [0.15, 0.2) is 18.2 Å². The highest BCUT2D eigenvalue weighted by molar-refractivity contribution is 5.72. The van der Waals surface area contributed by atoms with Gasteiger partial charge in [-0.05, 0) is 51.7 Å². The molecule has 26 heavy (non-hydrogen) atoms. The van der Waals surface area contributed by atoms with Crippen LogP contribution >= 0.6 is 0 Å². The number of piperazine rings is 1. The summed E-state index contributed by atoms with van der Waals surface area (Å²) in [7, 11) is 0. The van der Waals surface area contributed by atoms with E-state index in [0.29, 0.717) is 5.75 Å². The normalized spacial score (nSPS) is 19.2. The molecule has 0 radical (unpaired) electrons. The van der Waals surface area contributed by atoms with Crippen molar-refractivity contribution in [2.75, 3.05) is 31.1 Å². The Morgan fingerprint density at radius 1 is 1.19 bits per heavy atom. The van der Waals surface area contributed by atoms with Crippen molar-refractivity contribution in [1.82, 2.24) is 10.2 Å². The van der Waals surface area contributed by atoms with E-state index < -0.39 is 0 Å². The molecule has 2 aliphatic rings. The van der Waals surface area contributed by atoms with Crippen LogP contribution in [-0.2, 0) is 6.42 Å². The van der Waals surface area contributed by atoms with Crippen LogP contribution in [0.2, 0.25) is 0 Å². The number of benzene rings is 1. The SMILES string of the molecule is CCc1ccc(N2CCN(C3CCC3)CC2)cc1OC(=O)NC(C)(C)C. The highest BCUT2D eigenvalue weighted by atomic mass is 16.6. The second-order valence-corrected chi connectivity index (χ2v) is 8.52. The highest BCUT2D eigenvalue weighted by Crippen LogP contribution is 2.30. The minimum absolute atomic E-state index is 0.307. The first-order chi connectivity index (χ1) is 12.4. The number of hydrogen-bond donors (Lipinski definition) is 1. The van der Waals surface area contributed by atoms with Crippen molar-refractivity contribution >= 4 is 11.8 Å². The Labute approximate surface area is 157 Å². The zero-order valence-electron chi connectivity index (χ0n) is 16.7. The van der Waals surface area contributed by atoms with Crippen molar-refractivity contribution in [3.8, 4) is 5.75 Å². The third-order valence-corrected chi connectivity index (χ3v) is 5.38. The van der Waals surface area contributed by atoms with E-state index in [1.54, 1.807) is 0 Å². The first-order valence-corrected chi connectivity index (χ1v) is 9.97. The Bertz CT molecular complexity index is 627. The maximum Gasteiger partial charge on any atom is 0.413 e. The lowest BCUT2D eigenvalue weighted by Crippen LogP contribution is -2.52. The Morgan fingerprint density at radius 3 is 2.42 bits per heavy atom. The number of nitrogens with zero attached hydrogens (tertiary/aromatic N) is 2. The smallest absolute Gasteiger partial charge is 0.410 e. The minimum Gasteiger partial charge on any atom is -0.410 e. The summed E-state index contributed by atoms with van der Waals surface area (Å²) in [5, 5.41) is 2.87. The van der Waals surface area contributed by atoms with Gasteiger partial charge in [-0.2, -0.15) is 0 Å². The van der Waals surface area contributed by atoms with Crippen LogP contribution < -0.4 is 15.0 Å². The molecule has 1 aromatic rings. The molecule has 1 aromatic carbocycles. The molecular weight excluding hydrogens is 326 g/mol. The van der Waals surface area contributed by atoms with Crippen molar-refractivity contribution in [2.45, 2.75) is 65.0 Å². The van der Waals surface area contributed by atoms with Gasteiger partial charge in [-0.15, -0.1) is 0 Å². The minimum atomic E-state index is -0.390. The number of amides is 1. The van der Waals surface area contributed by atoms with Gasteiger partial charge in [0.15, 0.2) is 0 Å². The quantitative estimate of drug-likeness (QED) is 0.888. The van der Waals surface area contributed by atoms with Gasteiger partial charge in [0.2, 0.25) is 0 Å². The predicted octanol–water partition coefficient (Wildman–Crippen LogP) is 3.81. The summed E-state index contributed by atoms with van der Waals surface area (Å²) < 4.78 is 5.64. The Kier molecular flexibility index (Phi) is 5.76. The molecule has 1 saturated heterocycles. The molecule has 5 heteroatoms. The fourth-order valence-electron chi connectivity index (χ4n) is 3.66. The molecule has 144 valence electrons. The lowest BCUT2D eigenvalue weighted by Gasteiger charge is -2.43. The molecule has 1 heterocycles. The molecule has 5 nitrogen and oxygen atoms in total. The number of aryl methyl sites for hydroxylation is 1. The highest BCUT2D eigenvalue weighted by Gasteiger charge is 2.28. The third-order valence-electron chi connectivity index (χ3n) is 5.38. The van der Waals surface area contributed by atoms with Gasteiger partial charge in [-0.3, -0.25) is 4.90 Å². The summed E-state index contributed by atoms with van der Waals surface area (Å²) in [6, 6.07) is 7.10. The average molecular weight is 360 g/mol. The van der Waals surface area contributed by atoms with Crippen molar-refractivity contribution in [1.29, 1.82) is 0 Å².